The zero-order valence-corrected chi connectivity index (χ0v) is 18.9. The quantitative estimate of drug-likeness (QED) is 0.547. The fourth-order valence-corrected chi connectivity index (χ4v) is 4.23. The van der Waals surface area contributed by atoms with Crippen LogP contribution in [0.3, 0.4) is 0 Å². The first-order valence-corrected chi connectivity index (χ1v) is 11.2. The number of halogens is 1. The molecular formula is C24H30ClN5O. The number of piperidine rings is 1. The first-order valence-electron chi connectivity index (χ1n) is 10.9. The zero-order valence-electron chi connectivity index (χ0n) is 18.1. The van der Waals surface area contributed by atoms with Gasteiger partial charge in [-0.2, -0.15) is 0 Å². The van der Waals surface area contributed by atoms with Crippen molar-refractivity contribution in [1.82, 2.24) is 14.9 Å². The number of ether oxygens (including phenoxy) is 1. The SMILES string of the molecule is CC(C)N1CCC(OCc2cc(CNc3ccc4c(N)ncc(Cl)c4c3)ccn2)CC1. The van der Waals surface area contributed by atoms with Gasteiger partial charge in [0.1, 0.15) is 5.82 Å². The van der Waals surface area contributed by atoms with Gasteiger partial charge >= 0.3 is 0 Å². The second-order valence-corrected chi connectivity index (χ2v) is 8.81. The predicted molar refractivity (Wildman–Crippen MR) is 127 cm³/mol. The Bertz CT molecular complexity index is 1030. The Hall–Kier alpha value is -2.41. The van der Waals surface area contributed by atoms with Crippen LogP contribution in [0.15, 0.2) is 42.7 Å². The smallest absolute Gasteiger partial charge is 0.131 e. The third-order valence-corrected chi connectivity index (χ3v) is 6.22. The fourth-order valence-electron chi connectivity index (χ4n) is 4.02. The first-order chi connectivity index (χ1) is 15.0. The van der Waals surface area contributed by atoms with Crippen molar-refractivity contribution in [3.8, 4) is 0 Å². The van der Waals surface area contributed by atoms with Gasteiger partial charge in [0.15, 0.2) is 0 Å². The Morgan fingerprint density at radius 1 is 1.16 bits per heavy atom. The number of rotatable bonds is 7. The lowest BCUT2D eigenvalue weighted by Gasteiger charge is -2.34. The highest BCUT2D eigenvalue weighted by molar-refractivity contribution is 6.35. The minimum Gasteiger partial charge on any atom is -0.383 e. The molecule has 3 heterocycles. The maximum atomic E-state index is 6.29. The Kier molecular flexibility index (Phi) is 6.90. The second-order valence-electron chi connectivity index (χ2n) is 8.40. The molecule has 6 nitrogen and oxygen atoms in total. The molecule has 1 aliphatic heterocycles. The molecule has 0 radical (unpaired) electrons. The normalized spacial score (nSPS) is 15.6. The van der Waals surface area contributed by atoms with Crippen LogP contribution in [0.1, 0.15) is 37.9 Å². The molecule has 0 atom stereocenters. The highest BCUT2D eigenvalue weighted by atomic mass is 35.5. The fraction of sp³-hybridized carbons (Fsp3) is 0.417. The third kappa shape index (κ3) is 5.45. The predicted octanol–water partition coefficient (Wildman–Crippen LogP) is 4.87. The molecule has 1 saturated heterocycles. The number of nitrogens with zero attached hydrogens (tertiary/aromatic N) is 3. The number of nitrogen functional groups attached to an aromatic ring is 1. The maximum absolute atomic E-state index is 6.29. The number of nitrogens with two attached hydrogens (primary N) is 1. The summed E-state index contributed by atoms with van der Waals surface area (Å²) >= 11 is 6.29. The molecule has 1 aromatic carbocycles. The topological polar surface area (TPSA) is 76.3 Å². The third-order valence-electron chi connectivity index (χ3n) is 5.92. The van der Waals surface area contributed by atoms with Gasteiger partial charge in [0.05, 0.1) is 23.4 Å². The van der Waals surface area contributed by atoms with Gasteiger partial charge in [-0.05, 0) is 62.6 Å². The van der Waals surface area contributed by atoms with Crippen molar-refractivity contribution < 1.29 is 4.74 Å². The number of nitrogens with one attached hydrogen (secondary N) is 1. The van der Waals surface area contributed by atoms with Gasteiger partial charge in [0, 0.05) is 54.5 Å². The van der Waals surface area contributed by atoms with Crippen molar-refractivity contribution in [3.63, 3.8) is 0 Å². The molecule has 0 bridgehead atoms. The molecule has 2 aromatic heterocycles. The summed E-state index contributed by atoms with van der Waals surface area (Å²) in [6.07, 6.45) is 5.93. The maximum Gasteiger partial charge on any atom is 0.131 e. The summed E-state index contributed by atoms with van der Waals surface area (Å²) in [4.78, 5) is 11.1. The van der Waals surface area contributed by atoms with Crippen molar-refractivity contribution in [1.29, 1.82) is 0 Å². The van der Waals surface area contributed by atoms with Crippen molar-refractivity contribution in [3.05, 3.63) is 59.0 Å². The van der Waals surface area contributed by atoms with E-state index in [4.69, 9.17) is 22.1 Å². The monoisotopic (exact) mass is 439 g/mol. The molecule has 0 spiro atoms. The van der Waals surface area contributed by atoms with Crippen molar-refractivity contribution in [2.75, 3.05) is 24.1 Å². The van der Waals surface area contributed by atoms with E-state index >= 15 is 0 Å². The van der Waals surface area contributed by atoms with Gasteiger partial charge in [-0.3, -0.25) is 4.98 Å². The molecule has 4 rings (SSSR count). The zero-order chi connectivity index (χ0) is 21.8. The van der Waals surface area contributed by atoms with Crippen molar-refractivity contribution in [2.45, 2.75) is 52.0 Å². The minimum atomic E-state index is 0.322. The number of hydrogen-bond donors (Lipinski definition) is 2. The van der Waals surface area contributed by atoms with Crippen LogP contribution in [-0.2, 0) is 17.9 Å². The number of anilines is 2. The van der Waals surface area contributed by atoms with E-state index in [0.717, 1.165) is 53.6 Å². The molecule has 0 aliphatic carbocycles. The van der Waals surface area contributed by atoms with E-state index in [1.54, 1.807) is 6.20 Å². The summed E-state index contributed by atoms with van der Waals surface area (Å²) in [6, 6.07) is 10.7. The molecule has 31 heavy (non-hydrogen) atoms. The van der Waals surface area contributed by atoms with Crippen LogP contribution < -0.4 is 11.1 Å². The molecule has 0 saturated carbocycles. The van der Waals surface area contributed by atoms with Gasteiger partial charge < -0.3 is 20.7 Å². The van der Waals surface area contributed by atoms with Crippen LogP contribution in [0.5, 0.6) is 0 Å². The number of pyridine rings is 2. The van der Waals surface area contributed by atoms with E-state index in [0.29, 0.717) is 36.1 Å². The van der Waals surface area contributed by atoms with E-state index in [9.17, 15) is 0 Å². The van der Waals surface area contributed by atoms with E-state index < -0.39 is 0 Å². The summed E-state index contributed by atoms with van der Waals surface area (Å²) in [5, 5.41) is 5.80. The lowest BCUT2D eigenvalue weighted by atomic mass is 10.1. The number of benzene rings is 1. The summed E-state index contributed by atoms with van der Waals surface area (Å²) in [5.41, 5.74) is 9.05. The average molecular weight is 440 g/mol. The minimum absolute atomic E-state index is 0.322. The Morgan fingerprint density at radius 2 is 1.97 bits per heavy atom. The van der Waals surface area contributed by atoms with Gasteiger partial charge in [0.25, 0.3) is 0 Å². The molecule has 3 aromatic rings. The highest BCUT2D eigenvalue weighted by Crippen LogP contribution is 2.29. The van der Waals surface area contributed by atoms with Gasteiger partial charge in [-0.25, -0.2) is 4.98 Å². The largest absolute Gasteiger partial charge is 0.383 e. The van der Waals surface area contributed by atoms with E-state index in [1.165, 1.54) is 0 Å². The number of aromatic nitrogens is 2. The van der Waals surface area contributed by atoms with Crippen LogP contribution in [0.4, 0.5) is 11.5 Å². The van der Waals surface area contributed by atoms with E-state index in [1.807, 2.05) is 30.5 Å². The molecule has 0 unspecified atom stereocenters. The van der Waals surface area contributed by atoms with Crippen molar-refractivity contribution >= 4 is 33.9 Å². The lowest BCUT2D eigenvalue weighted by molar-refractivity contribution is -0.00926. The van der Waals surface area contributed by atoms with Gasteiger partial charge in [-0.15, -0.1) is 0 Å². The first kappa shape index (κ1) is 21.8. The lowest BCUT2D eigenvalue weighted by Crippen LogP contribution is -2.40. The van der Waals surface area contributed by atoms with Crippen molar-refractivity contribution in [2.24, 2.45) is 0 Å². The highest BCUT2D eigenvalue weighted by Gasteiger charge is 2.21. The van der Waals surface area contributed by atoms with E-state index in [-0.39, 0.29) is 0 Å². The van der Waals surface area contributed by atoms with E-state index in [2.05, 4.69) is 40.1 Å². The molecule has 1 fully saturated rings. The van der Waals surface area contributed by atoms with Gasteiger partial charge in [-0.1, -0.05) is 11.6 Å². The molecule has 3 N–H and O–H groups in total. The Balaban J connectivity index is 1.33. The molecular weight excluding hydrogens is 410 g/mol. The summed E-state index contributed by atoms with van der Waals surface area (Å²) in [6.45, 7) is 7.96. The second kappa shape index (κ2) is 9.81. The van der Waals surface area contributed by atoms with Crippen LogP contribution in [0.2, 0.25) is 5.02 Å². The number of likely N-dealkylation sites (tertiary alicyclic amines) is 1. The number of hydrogen-bond acceptors (Lipinski definition) is 6. The van der Waals surface area contributed by atoms with Crippen LogP contribution in [0.25, 0.3) is 10.8 Å². The Labute approximate surface area is 188 Å². The van der Waals surface area contributed by atoms with Gasteiger partial charge in [0.2, 0.25) is 0 Å². The van der Waals surface area contributed by atoms with Crippen LogP contribution in [0, 0.1) is 0 Å². The summed E-state index contributed by atoms with van der Waals surface area (Å²) in [7, 11) is 0. The molecule has 0 amide bonds. The van der Waals surface area contributed by atoms with Crippen LogP contribution in [-0.4, -0.2) is 40.1 Å². The molecule has 7 heteroatoms. The Morgan fingerprint density at radius 3 is 2.74 bits per heavy atom. The molecule has 164 valence electrons. The number of fused-ring (bicyclic) bond motifs is 1. The summed E-state index contributed by atoms with van der Waals surface area (Å²) in [5.74, 6) is 0.486. The molecule has 1 aliphatic rings. The standard InChI is InChI=1S/C24H30ClN5O/c1-16(2)30-9-6-20(7-10-30)31-15-19-11-17(5-8-27-19)13-28-18-3-4-21-22(12-18)23(25)14-29-24(21)26/h3-5,8,11-12,14,16,20,28H,6-7,9-10,13,15H2,1-2H3,(H2,26,29). The summed E-state index contributed by atoms with van der Waals surface area (Å²) < 4.78 is 6.15. The average Bonchev–Trinajstić information content (AvgIpc) is 2.79. The van der Waals surface area contributed by atoms with Crippen LogP contribution >= 0.6 is 11.6 Å².